The van der Waals surface area contributed by atoms with Crippen LogP contribution in [0.5, 0.6) is 0 Å². The van der Waals surface area contributed by atoms with Crippen LogP contribution < -0.4 is 0 Å². The van der Waals surface area contributed by atoms with Gasteiger partial charge in [0.1, 0.15) is 0 Å². The summed E-state index contributed by atoms with van der Waals surface area (Å²) in [4.78, 5) is 14.8. The summed E-state index contributed by atoms with van der Waals surface area (Å²) in [6, 6.07) is 13.9. The lowest BCUT2D eigenvalue weighted by Crippen LogP contribution is -1.98. The standard InChI is InChI=1S/C15H12N2O3S/c18-14(19)9-21-8-13-16-15(17-20-13)12-7-3-5-10-4-1-2-6-11(10)12/h1-7H,8-9H2,(H,18,19). The summed E-state index contributed by atoms with van der Waals surface area (Å²) in [5, 5.41) is 14.8. The monoisotopic (exact) mass is 300 g/mol. The summed E-state index contributed by atoms with van der Waals surface area (Å²) >= 11 is 1.23. The summed E-state index contributed by atoms with van der Waals surface area (Å²) in [5.41, 5.74) is 0.909. The molecule has 106 valence electrons. The molecule has 0 saturated heterocycles. The number of aliphatic carboxylic acids is 1. The number of rotatable bonds is 5. The van der Waals surface area contributed by atoms with Gasteiger partial charge in [-0.3, -0.25) is 4.79 Å². The van der Waals surface area contributed by atoms with Crippen LogP contribution in [-0.4, -0.2) is 27.0 Å². The van der Waals surface area contributed by atoms with Crippen molar-refractivity contribution in [2.75, 3.05) is 5.75 Å². The molecule has 1 heterocycles. The number of carboxylic acid groups (broad SMARTS) is 1. The first-order valence-corrected chi connectivity index (χ1v) is 7.50. The number of aromatic nitrogens is 2. The van der Waals surface area contributed by atoms with E-state index in [2.05, 4.69) is 10.1 Å². The van der Waals surface area contributed by atoms with Crippen molar-refractivity contribution in [1.29, 1.82) is 0 Å². The molecule has 21 heavy (non-hydrogen) atoms. The van der Waals surface area contributed by atoms with Crippen LogP contribution in [0.2, 0.25) is 0 Å². The minimum atomic E-state index is -0.853. The molecule has 1 aromatic heterocycles. The minimum absolute atomic E-state index is 0.0198. The van der Waals surface area contributed by atoms with E-state index in [-0.39, 0.29) is 5.75 Å². The number of fused-ring (bicyclic) bond motifs is 1. The summed E-state index contributed by atoms with van der Waals surface area (Å²) in [7, 11) is 0. The predicted octanol–water partition coefficient (Wildman–Crippen LogP) is 3.21. The van der Waals surface area contributed by atoms with Crippen molar-refractivity contribution in [2.45, 2.75) is 5.75 Å². The quantitative estimate of drug-likeness (QED) is 0.779. The third-order valence-electron chi connectivity index (χ3n) is 2.95. The molecule has 0 amide bonds. The van der Waals surface area contributed by atoms with Gasteiger partial charge in [-0.25, -0.2) is 0 Å². The molecule has 0 radical (unpaired) electrons. The predicted molar refractivity (Wildman–Crippen MR) is 81.0 cm³/mol. The van der Waals surface area contributed by atoms with E-state index in [1.165, 1.54) is 11.8 Å². The van der Waals surface area contributed by atoms with Crippen LogP contribution in [0, 0.1) is 0 Å². The molecule has 0 bridgehead atoms. The topological polar surface area (TPSA) is 76.2 Å². The molecule has 1 N–H and O–H groups in total. The molecule has 3 rings (SSSR count). The highest BCUT2D eigenvalue weighted by Gasteiger charge is 2.11. The van der Waals surface area contributed by atoms with E-state index in [0.717, 1.165) is 16.3 Å². The van der Waals surface area contributed by atoms with Gasteiger partial charge in [-0.15, -0.1) is 11.8 Å². The molecular weight excluding hydrogens is 288 g/mol. The lowest BCUT2D eigenvalue weighted by Gasteiger charge is -2.01. The van der Waals surface area contributed by atoms with Gasteiger partial charge in [0.15, 0.2) is 0 Å². The lowest BCUT2D eigenvalue weighted by molar-refractivity contribution is -0.133. The molecule has 0 unspecified atom stereocenters. The zero-order valence-corrected chi connectivity index (χ0v) is 11.8. The smallest absolute Gasteiger partial charge is 0.313 e. The Morgan fingerprint density at radius 3 is 2.86 bits per heavy atom. The van der Waals surface area contributed by atoms with E-state index in [0.29, 0.717) is 17.5 Å². The van der Waals surface area contributed by atoms with Crippen molar-refractivity contribution in [2.24, 2.45) is 0 Å². The van der Waals surface area contributed by atoms with Crippen LogP contribution in [0.15, 0.2) is 47.0 Å². The highest BCUT2D eigenvalue weighted by atomic mass is 32.2. The molecule has 3 aromatic rings. The van der Waals surface area contributed by atoms with Crippen molar-refractivity contribution in [1.82, 2.24) is 10.1 Å². The fourth-order valence-electron chi connectivity index (χ4n) is 2.07. The van der Waals surface area contributed by atoms with Crippen LogP contribution in [0.25, 0.3) is 22.2 Å². The third-order valence-corrected chi connectivity index (χ3v) is 3.85. The van der Waals surface area contributed by atoms with Crippen LogP contribution >= 0.6 is 11.8 Å². The van der Waals surface area contributed by atoms with Gasteiger partial charge in [0, 0.05) is 5.56 Å². The highest BCUT2D eigenvalue weighted by Crippen LogP contribution is 2.26. The van der Waals surface area contributed by atoms with Gasteiger partial charge in [0.2, 0.25) is 11.7 Å². The van der Waals surface area contributed by atoms with Crippen LogP contribution in [0.4, 0.5) is 0 Å². The highest BCUT2D eigenvalue weighted by molar-refractivity contribution is 7.99. The van der Waals surface area contributed by atoms with Crippen molar-refractivity contribution in [3.8, 4) is 11.4 Å². The molecule has 0 spiro atoms. The van der Waals surface area contributed by atoms with Gasteiger partial charge in [-0.05, 0) is 10.8 Å². The van der Waals surface area contributed by atoms with Gasteiger partial charge in [-0.2, -0.15) is 4.98 Å². The van der Waals surface area contributed by atoms with E-state index >= 15 is 0 Å². The summed E-state index contributed by atoms with van der Waals surface area (Å²) < 4.78 is 5.17. The van der Waals surface area contributed by atoms with Gasteiger partial charge >= 0.3 is 5.97 Å². The number of carboxylic acids is 1. The fourth-order valence-corrected chi connectivity index (χ4v) is 2.64. The summed E-state index contributed by atoms with van der Waals surface area (Å²) in [6.45, 7) is 0. The first kappa shape index (κ1) is 13.6. The van der Waals surface area contributed by atoms with E-state index < -0.39 is 5.97 Å². The third kappa shape index (κ3) is 3.05. The number of carbonyl (C=O) groups is 1. The van der Waals surface area contributed by atoms with E-state index in [1.807, 2.05) is 42.5 Å². The molecule has 0 fully saturated rings. The number of nitrogens with zero attached hydrogens (tertiary/aromatic N) is 2. The molecule has 5 nitrogen and oxygen atoms in total. The van der Waals surface area contributed by atoms with Gasteiger partial charge < -0.3 is 9.63 Å². The molecule has 0 saturated carbocycles. The Kier molecular flexibility index (Phi) is 3.87. The van der Waals surface area contributed by atoms with Gasteiger partial charge in [0.25, 0.3) is 0 Å². The lowest BCUT2D eigenvalue weighted by atomic mass is 10.0. The van der Waals surface area contributed by atoms with Crippen molar-refractivity contribution in [3.05, 3.63) is 48.4 Å². The molecule has 6 heteroatoms. The second-order valence-electron chi connectivity index (χ2n) is 4.42. The maximum atomic E-state index is 10.5. The Hall–Kier alpha value is -2.34. The summed E-state index contributed by atoms with van der Waals surface area (Å²) in [6.07, 6.45) is 0. The normalized spacial score (nSPS) is 10.9. The first-order valence-electron chi connectivity index (χ1n) is 6.34. The Labute approximate surface area is 125 Å². The zero-order valence-electron chi connectivity index (χ0n) is 11.0. The van der Waals surface area contributed by atoms with E-state index in [4.69, 9.17) is 9.63 Å². The number of thioether (sulfide) groups is 1. The first-order chi connectivity index (χ1) is 10.2. The van der Waals surface area contributed by atoms with E-state index in [9.17, 15) is 4.79 Å². The molecule has 0 aliphatic rings. The largest absolute Gasteiger partial charge is 0.481 e. The molecule has 0 aliphatic carbocycles. The van der Waals surface area contributed by atoms with Crippen LogP contribution in [-0.2, 0) is 10.5 Å². The maximum Gasteiger partial charge on any atom is 0.313 e. The average Bonchev–Trinajstić information content (AvgIpc) is 2.95. The number of hydrogen-bond acceptors (Lipinski definition) is 5. The second-order valence-corrected chi connectivity index (χ2v) is 5.41. The average molecular weight is 300 g/mol. The van der Waals surface area contributed by atoms with Gasteiger partial charge in [0.05, 0.1) is 11.5 Å². The molecule has 2 aromatic carbocycles. The SMILES string of the molecule is O=C(O)CSCc1nc(-c2cccc3ccccc23)no1. The van der Waals surface area contributed by atoms with Crippen LogP contribution in [0.3, 0.4) is 0 Å². The second kappa shape index (κ2) is 5.97. The molecule has 0 aliphatic heterocycles. The van der Waals surface area contributed by atoms with Crippen molar-refractivity contribution < 1.29 is 14.4 Å². The Morgan fingerprint density at radius 2 is 2.00 bits per heavy atom. The Morgan fingerprint density at radius 1 is 1.19 bits per heavy atom. The summed E-state index contributed by atoms with van der Waals surface area (Å²) in [5.74, 6) is 0.520. The number of hydrogen-bond donors (Lipinski definition) is 1. The Bertz CT molecular complexity index is 780. The Balaban J connectivity index is 1.86. The van der Waals surface area contributed by atoms with Gasteiger partial charge in [-0.1, -0.05) is 47.6 Å². The van der Waals surface area contributed by atoms with E-state index in [1.54, 1.807) is 0 Å². The number of benzene rings is 2. The van der Waals surface area contributed by atoms with Crippen molar-refractivity contribution in [3.63, 3.8) is 0 Å². The maximum absolute atomic E-state index is 10.5. The van der Waals surface area contributed by atoms with Crippen LogP contribution in [0.1, 0.15) is 5.89 Å². The molecular formula is C15H12N2O3S. The molecule has 0 atom stereocenters. The fraction of sp³-hybridized carbons (Fsp3) is 0.133. The minimum Gasteiger partial charge on any atom is -0.481 e. The van der Waals surface area contributed by atoms with Crippen molar-refractivity contribution >= 4 is 28.5 Å². The zero-order chi connectivity index (χ0) is 14.7.